The number of nitro benzene ring substituents is 1. The number of hydrogen-bond acceptors (Lipinski definition) is 5. The lowest BCUT2D eigenvalue weighted by atomic mass is 10.1. The van der Waals surface area contributed by atoms with E-state index in [0.29, 0.717) is 19.7 Å². The lowest BCUT2D eigenvalue weighted by Crippen LogP contribution is -2.42. The largest absolute Gasteiger partial charge is 0.478 e. The third-order valence-electron chi connectivity index (χ3n) is 3.00. The van der Waals surface area contributed by atoms with E-state index in [2.05, 4.69) is 0 Å². The minimum atomic E-state index is -1.17. The molecule has 19 heavy (non-hydrogen) atoms. The van der Waals surface area contributed by atoms with Crippen molar-refractivity contribution in [3.05, 3.63) is 33.9 Å². The molecule has 1 saturated heterocycles. The molecule has 1 aromatic rings. The second kappa shape index (κ2) is 5.23. The Morgan fingerprint density at radius 1 is 1.58 bits per heavy atom. The van der Waals surface area contributed by atoms with Crippen molar-refractivity contribution < 1.29 is 19.6 Å². The normalized spacial score (nSPS) is 19.2. The summed E-state index contributed by atoms with van der Waals surface area (Å²) in [6, 6.07) is 4.08. The number of carboxylic acids is 1. The van der Waals surface area contributed by atoms with Crippen LogP contribution in [0.25, 0.3) is 0 Å². The zero-order valence-electron chi connectivity index (χ0n) is 10.4. The topological polar surface area (TPSA) is 92.9 Å². The molecule has 7 heteroatoms. The zero-order chi connectivity index (χ0) is 14.0. The summed E-state index contributed by atoms with van der Waals surface area (Å²) in [5.41, 5.74) is -0.0764. The van der Waals surface area contributed by atoms with Gasteiger partial charge in [-0.15, -0.1) is 0 Å². The maximum absolute atomic E-state index is 11.2. The Bertz CT molecular complexity index is 485. The molecule has 1 unspecified atom stereocenters. The Hall–Kier alpha value is -2.15. The standard InChI is InChI=1S/C12H14N2O5/c1-8-7-13(5-6-19-8)11-9(12(15)16)3-2-4-10(11)14(17)18/h2-4,8H,5-7H2,1H3,(H,15,16). The molecule has 0 amide bonds. The second-order valence-corrected chi connectivity index (χ2v) is 4.36. The number of nitrogens with zero attached hydrogens (tertiary/aromatic N) is 2. The van der Waals surface area contributed by atoms with Gasteiger partial charge in [0.15, 0.2) is 0 Å². The predicted octanol–water partition coefficient (Wildman–Crippen LogP) is 1.52. The third-order valence-corrected chi connectivity index (χ3v) is 3.00. The number of para-hydroxylation sites is 1. The fraction of sp³-hybridized carbons (Fsp3) is 0.417. The highest BCUT2D eigenvalue weighted by molar-refractivity contribution is 5.97. The van der Waals surface area contributed by atoms with Crippen LogP contribution < -0.4 is 4.90 Å². The van der Waals surface area contributed by atoms with Gasteiger partial charge in [0.25, 0.3) is 5.69 Å². The molecule has 1 fully saturated rings. The highest BCUT2D eigenvalue weighted by Crippen LogP contribution is 2.33. The second-order valence-electron chi connectivity index (χ2n) is 4.36. The fourth-order valence-corrected chi connectivity index (χ4v) is 2.21. The van der Waals surface area contributed by atoms with Gasteiger partial charge in [0.2, 0.25) is 0 Å². The van der Waals surface area contributed by atoms with Gasteiger partial charge >= 0.3 is 5.97 Å². The van der Waals surface area contributed by atoms with Gasteiger partial charge in [-0.05, 0) is 13.0 Å². The van der Waals surface area contributed by atoms with E-state index in [4.69, 9.17) is 4.74 Å². The minimum absolute atomic E-state index is 0.0525. The predicted molar refractivity (Wildman–Crippen MR) is 67.7 cm³/mol. The average molecular weight is 266 g/mol. The first-order chi connectivity index (χ1) is 9.00. The van der Waals surface area contributed by atoms with Gasteiger partial charge in [-0.2, -0.15) is 0 Å². The lowest BCUT2D eigenvalue weighted by molar-refractivity contribution is -0.384. The van der Waals surface area contributed by atoms with Crippen molar-refractivity contribution in [2.24, 2.45) is 0 Å². The van der Waals surface area contributed by atoms with Crippen LogP contribution >= 0.6 is 0 Å². The van der Waals surface area contributed by atoms with E-state index in [1.807, 2.05) is 6.92 Å². The molecule has 1 atom stereocenters. The first-order valence-corrected chi connectivity index (χ1v) is 5.88. The van der Waals surface area contributed by atoms with Crippen molar-refractivity contribution in [1.82, 2.24) is 0 Å². The van der Waals surface area contributed by atoms with Crippen molar-refractivity contribution in [2.45, 2.75) is 13.0 Å². The molecule has 1 aliphatic rings. The Morgan fingerprint density at radius 2 is 2.32 bits per heavy atom. The molecule has 7 nitrogen and oxygen atoms in total. The molecule has 1 N–H and O–H groups in total. The van der Waals surface area contributed by atoms with Crippen molar-refractivity contribution in [3.63, 3.8) is 0 Å². The van der Waals surface area contributed by atoms with E-state index in [1.165, 1.54) is 18.2 Å². The number of carbonyl (C=O) groups is 1. The molecule has 0 spiro atoms. The van der Waals surface area contributed by atoms with E-state index in [0.717, 1.165) is 0 Å². The molecule has 0 aliphatic carbocycles. The van der Waals surface area contributed by atoms with Gasteiger partial charge in [-0.25, -0.2) is 4.79 Å². The van der Waals surface area contributed by atoms with E-state index in [-0.39, 0.29) is 23.0 Å². The molecule has 2 rings (SSSR count). The number of anilines is 1. The maximum Gasteiger partial charge on any atom is 0.338 e. The Balaban J connectivity index is 2.51. The Labute approximate surface area is 109 Å². The highest BCUT2D eigenvalue weighted by Gasteiger charge is 2.28. The molecule has 102 valence electrons. The molecule has 1 aliphatic heterocycles. The van der Waals surface area contributed by atoms with Crippen LogP contribution in [0.2, 0.25) is 0 Å². The van der Waals surface area contributed by atoms with E-state index >= 15 is 0 Å². The summed E-state index contributed by atoms with van der Waals surface area (Å²) in [5.74, 6) is -1.17. The van der Waals surface area contributed by atoms with Crippen LogP contribution in [0, 0.1) is 10.1 Å². The van der Waals surface area contributed by atoms with Crippen LogP contribution in [-0.4, -0.2) is 41.8 Å². The number of nitro groups is 1. The molecule has 0 bridgehead atoms. The van der Waals surface area contributed by atoms with E-state index < -0.39 is 10.9 Å². The fourth-order valence-electron chi connectivity index (χ4n) is 2.21. The van der Waals surface area contributed by atoms with E-state index in [9.17, 15) is 20.0 Å². The average Bonchev–Trinajstić information content (AvgIpc) is 2.37. The lowest BCUT2D eigenvalue weighted by Gasteiger charge is -2.33. The number of hydrogen-bond donors (Lipinski definition) is 1. The van der Waals surface area contributed by atoms with Crippen LogP contribution in [0.5, 0.6) is 0 Å². The van der Waals surface area contributed by atoms with Gasteiger partial charge in [0.1, 0.15) is 5.69 Å². The molecular weight excluding hydrogens is 252 g/mol. The first-order valence-electron chi connectivity index (χ1n) is 5.88. The maximum atomic E-state index is 11.2. The summed E-state index contributed by atoms with van der Waals surface area (Å²) in [4.78, 5) is 23.5. The number of morpholine rings is 1. The molecule has 0 saturated carbocycles. The van der Waals surface area contributed by atoms with Crippen LogP contribution in [0.3, 0.4) is 0 Å². The number of benzene rings is 1. The van der Waals surface area contributed by atoms with Gasteiger partial charge in [0.05, 0.1) is 23.2 Å². The highest BCUT2D eigenvalue weighted by atomic mass is 16.6. The Morgan fingerprint density at radius 3 is 2.89 bits per heavy atom. The van der Waals surface area contributed by atoms with Crippen molar-refractivity contribution in [3.8, 4) is 0 Å². The molecule has 0 radical (unpaired) electrons. The zero-order valence-corrected chi connectivity index (χ0v) is 10.4. The van der Waals surface area contributed by atoms with Crippen LogP contribution in [-0.2, 0) is 4.74 Å². The number of ether oxygens (including phenoxy) is 1. The van der Waals surface area contributed by atoms with Crippen LogP contribution in [0.1, 0.15) is 17.3 Å². The minimum Gasteiger partial charge on any atom is -0.478 e. The van der Waals surface area contributed by atoms with E-state index in [1.54, 1.807) is 4.90 Å². The van der Waals surface area contributed by atoms with Gasteiger partial charge in [0, 0.05) is 19.2 Å². The molecule has 1 aromatic carbocycles. The van der Waals surface area contributed by atoms with Crippen LogP contribution in [0.15, 0.2) is 18.2 Å². The van der Waals surface area contributed by atoms with Gasteiger partial charge in [-0.3, -0.25) is 10.1 Å². The van der Waals surface area contributed by atoms with Gasteiger partial charge in [-0.1, -0.05) is 6.07 Å². The number of aromatic carboxylic acids is 1. The van der Waals surface area contributed by atoms with Crippen molar-refractivity contribution in [2.75, 3.05) is 24.6 Å². The summed E-state index contributed by atoms with van der Waals surface area (Å²) < 4.78 is 5.37. The quantitative estimate of drug-likeness (QED) is 0.658. The number of rotatable bonds is 3. The molecular formula is C12H14N2O5. The molecule has 0 aromatic heterocycles. The van der Waals surface area contributed by atoms with Crippen molar-refractivity contribution >= 4 is 17.3 Å². The van der Waals surface area contributed by atoms with Crippen molar-refractivity contribution in [1.29, 1.82) is 0 Å². The van der Waals surface area contributed by atoms with Gasteiger partial charge < -0.3 is 14.7 Å². The summed E-state index contributed by atoms with van der Waals surface area (Å²) in [6.07, 6.45) is -0.0878. The Kier molecular flexibility index (Phi) is 3.66. The summed E-state index contributed by atoms with van der Waals surface area (Å²) in [6.45, 7) is 3.15. The monoisotopic (exact) mass is 266 g/mol. The molecule has 1 heterocycles. The van der Waals surface area contributed by atoms with Crippen LogP contribution in [0.4, 0.5) is 11.4 Å². The first kappa shape index (κ1) is 13.3. The summed E-state index contributed by atoms with van der Waals surface area (Å²) in [7, 11) is 0. The number of carboxylic acid groups (broad SMARTS) is 1. The smallest absolute Gasteiger partial charge is 0.338 e. The third kappa shape index (κ3) is 2.65. The SMILES string of the molecule is CC1CN(c2c(C(=O)O)cccc2[N+](=O)[O-])CCO1. The summed E-state index contributed by atoms with van der Waals surface area (Å²) >= 11 is 0. The summed E-state index contributed by atoms with van der Waals surface area (Å²) in [5, 5.41) is 20.3.